The third-order valence-electron chi connectivity index (χ3n) is 4.43. The van der Waals surface area contributed by atoms with E-state index in [1.54, 1.807) is 18.2 Å². The predicted molar refractivity (Wildman–Crippen MR) is 127 cm³/mol. The van der Waals surface area contributed by atoms with Gasteiger partial charge in [-0.2, -0.15) is 0 Å². The van der Waals surface area contributed by atoms with Crippen LogP contribution >= 0.6 is 22.9 Å². The van der Waals surface area contributed by atoms with Gasteiger partial charge >= 0.3 is 0 Å². The second-order valence-electron chi connectivity index (χ2n) is 6.86. The van der Waals surface area contributed by atoms with Crippen molar-refractivity contribution in [3.05, 3.63) is 69.4 Å². The van der Waals surface area contributed by atoms with Crippen molar-refractivity contribution < 1.29 is 22.7 Å². The first kappa shape index (κ1) is 23.8. The van der Waals surface area contributed by atoms with Crippen molar-refractivity contribution in [1.82, 2.24) is 0 Å². The molecule has 0 aliphatic carbocycles. The van der Waals surface area contributed by atoms with Gasteiger partial charge in [-0.05, 0) is 61.5 Å². The van der Waals surface area contributed by atoms with Crippen molar-refractivity contribution in [1.29, 1.82) is 0 Å². The molecule has 0 aliphatic rings. The summed E-state index contributed by atoms with van der Waals surface area (Å²) in [4.78, 5) is 26.0. The number of carbonyl (C=O) groups is 2. The summed E-state index contributed by atoms with van der Waals surface area (Å²) in [6.45, 7) is 1.91. The number of halogens is 1. The number of ketones is 1. The van der Waals surface area contributed by atoms with Gasteiger partial charge in [0.15, 0.2) is 5.78 Å². The first-order valence-corrected chi connectivity index (χ1v) is 12.2. The molecule has 0 atom stereocenters. The fourth-order valence-electron chi connectivity index (χ4n) is 2.85. The maximum atomic E-state index is 12.9. The molecule has 0 fully saturated rings. The Morgan fingerprint density at radius 1 is 1.00 bits per heavy atom. The molecule has 3 aromatic rings. The smallest absolute Gasteiger partial charge is 0.265 e. The molecule has 32 heavy (non-hydrogen) atoms. The Kier molecular flexibility index (Phi) is 7.55. The standard InChI is InChI=1S/C22H21ClN2O5S2/c1-14-3-11-20(31-14)18(26)9-12-22(27)24-17-8-10-19(30-2)21(13-17)32(28,29)25-16-6-4-15(23)5-7-16/h3-8,10-11,13,25H,9,12H2,1-2H3,(H,24,27). The lowest BCUT2D eigenvalue weighted by Gasteiger charge is -2.14. The number of hydrogen-bond donors (Lipinski definition) is 2. The molecule has 0 unspecified atom stereocenters. The van der Waals surface area contributed by atoms with Crippen LogP contribution in [0.25, 0.3) is 0 Å². The third kappa shape index (κ3) is 6.09. The van der Waals surface area contributed by atoms with Gasteiger partial charge in [-0.1, -0.05) is 11.6 Å². The molecule has 1 heterocycles. The molecular weight excluding hydrogens is 472 g/mol. The summed E-state index contributed by atoms with van der Waals surface area (Å²) < 4.78 is 33.4. The normalized spacial score (nSPS) is 11.1. The van der Waals surface area contributed by atoms with E-state index in [9.17, 15) is 18.0 Å². The van der Waals surface area contributed by atoms with Gasteiger partial charge in [0.2, 0.25) is 5.91 Å². The van der Waals surface area contributed by atoms with E-state index in [1.807, 2.05) is 13.0 Å². The Hall–Kier alpha value is -2.88. The highest BCUT2D eigenvalue weighted by Gasteiger charge is 2.21. The number of carbonyl (C=O) groups excluding carboxylic acids is 2. The summed E-state index contributed by atoms with van der Waals surface area (Å²) >= 11 is 7.23. The summed E-state index contributed by atoms with van der Waals surface area (Å²) in [6.07, 6.45) is 0.0398. The topological polar surface area (TPSA) is 102 Å². The Morgan fingerprint density at radius 2 is 1.69 bits per heavy atom. The number of Topliss-reactive ketones (excluding diaryl/α,β-unsaturated/α-hetero) is 1. The van der Waals surface area contributed by atoms with Crippen molar-refractivity contribution in [2.75, 3.05) is 17.1 Å². The molecule has 2 N–H and O–H groups in total. The number of aryl methyl sites for hydroxylation is 1. The molecule has 0 radical (unpaired) electrons. The van der Waals surface area contributed by atoms with Crippen molar-refractivity contribution >= 4 is 56.0 Å². The lowest BCUT2D eigenvalue weighted by molar-refractivity contribution is -0.116. The van der Waals surface area contributed by atoms with Crippen LogP contribution in [0, 0.1) is 6.92 Å². The number of nitrogens with one attached hydrogen (secondary N) is 2. The summed E-state index contributed by atoms with van der Waals surface area (Å²) in [5, 5.41) is 3.11. The third-order valence-corrected chi connectivity index (χ3v) is 7.12. The zero-order valence-corrected chi connectivity index (χ0v) is 19.7. The van der Waals surface area contributed by atoms with Crippen LogP contribution in [0.2, 0.25) is 5.02 Å². The van der Waals surface area contributed by atoms with Crippen molar-refractivity contribution in [3.8, 4) is 5.75 Å². The molecular formula is C22H21ClN2O5S2. The van der Waals surface area contributed by atoms with Crippen molar-refractivity contribution in [2.45, 2.75) is 24.7 Å². The maximum absolute atomic E-state index is 12.9. The van der Waals surface area contributed by atoms with Gasteiger partial charge in [0.05, 0.1) is 12.0 Å². The molecule has 0 saturated heterocycles. The van der Waals surface area contributed by atoms with Gasteiger partial charge in [-0.25, -0.2) is 8.42 Å². The molecule has 1 amide bonds. The number of ether oxygens (including phenoxy) is 1. The minimum Gasteiger partial charge on any atom is -0.495 e. The SMILES string of the molecule is COc1ccc(NC(=O)CCC(=O)c2ccc(C)s2)cc1S(=O)(=O)Nc1ccc(Cl)cc1. The van der Waals surface area contributed by atoms with Gasteiger partial charge in [-0.3, -0.25) is 14.3 Å². The van der Waals surface area contributed by atoms with Gasteiger partial charge in [-0.15, -0.1) is 11.3 Å². The van der Waals surface area contributed by atoms with E-state index in [0.717, 1.165) is 4.88 Å². The van der Waals surface area contributed by atoms with Crippen LogP contribution in [0.4, 0.5) is 11.4 Å². The predicted octanol–water partition coefficient (Wildman–Crippen LogP) is 5.12. The summed E-state index contributed by atoms with van der Waals surface area (Å²) in [7, 11) is -2.65. The molecule has 10 heteroatoms. The molecule has 1 aromatic heterocycles. The van der Waals surface area contributed by atoms with Crippen LogP contribution in [-0.4, -0.2) is 27.2 Å². The largest absolute Gasteiger partial charge is 0.495 e. The van der Waals surface area contributed by atoms with Crippen molar-refractivity contribution in [3.63, 3.8) is 0 Å². The average molecular weight is 493 g/mol. The highest BCUT2D eigenvalue weighted by atomic mass is 35.5. The number of methoxy groups -OCH3 is 1. The van der Waals surface area contributed by atoms with E-state index in [-0.39, 0.29) is 35.0 Å². The van der Waals surface area contributed by atoms with E-state index < -0.39 is 15.9 Å². The number of anilines is 2. The van der Waals surface area contributed by atoms with Crippen LogP contribution in [0.3, 0.4) is 0 Å². The molecule has 0 saturated carbocycles. The Morgan fingerprint density at radius 3 is 2.31 bits per heavy atom. The van der Waals surface area contributed by atoms with E-state index in [1.165, 1.54) is 48.8 Å². The second-order valence-corrected chi connectivity index (χ2v) is 10.2. The molecule has 2 aromatic carbocycles. The minimum absolute atomic E-state index is 0.0209. The summed E-state index contributed by atoms with van der Waals surface area (Å²) in [5.74, 6) is -0.387. The lowest BCUT2D eigenvalue weighted by atomic mass is 10.2. The Balaban J connectivity index is 1.71. The van der Waals surface area contributed by atoms with Gasteiger partial charge in [0, 0.05) is 34.1 Å². The average Bonchev–Trinajstić information content (AvgIpc) is 3.20. The molecule has 168 valence electrons. The molecule has 0 spiro atoms. The number of rotatable bonds is 9. The van der Waals surface area contributed by atoms with Crippen LogP contribution in [-0.2, 0) is 14.8 Å². The van der Waals surface area contributed by atoms with Crippen LogP contribution < -0.4 is 14.8 Å². The van der Waals surface area contributed by atoms with Gasteiger partial charge in [0.1, 0.15) is 10.6 Å². The summed E-state index contributed by atoms with van der Waals surface area (Å²) in [6, 6.07) is 14.1. The molecule has 0 bridgehead atoms. The van der Waals surface area contributed by atoms with E-state index in [0.29, 0.717) is 15.6 Å². The van der Waals surface area contributed by atoms with Crippen LogP contribution in [0.15, 0.2) is 59.5 Å². The van der Waals surface area contributed by atoms with E-state index in [2.05, 4.69) is 10.0 Å². The number of hydrogen-bond acceptors (Lipinski definition) is 6. The van der Waals surface area contributed by atoms with Crippen LogP contribution in [0.5, 0.6) is 5.75 Å². The number of sulfonamides is 1. The summed E-state index contributed by atoms with van der Waals surface area (Å²) in [5.41, 5.74) is 0.597. The minimum atomic E-state index is -4.01. The monoisotopic (exact) mass is 492 g/mol. The molecule has 3 rings (SSSR count). The Labute approximate surface area is 195 Å². The number of thiophene rings is 1. The highest BCUT2D eigenvalue weighted by molar-refractivity contribution is 7.92. The lowest BCUT2D eigenvalue weighted by Crippen LogP contribution is -2.16. The molecule has 0 aliphatic heterocycles. The first-order chi connectivity index (χ1) is 15.2. The first-order valence-electron chi connectivity index (χ1n) is 9.54. The zero-order valence-electron chi connectivity index (χ0n) is 17.3. The quantitative estimate of drug-likeness (QED) is 0.403. The highest BCUT2D eigenvalue weighted by Crippen LogP contribution is 2.29. The number of benzene rings is 2. The van der Waals surface area contributed by atoms with Crippen molar-refractivity contribution in [2.24, 2.45) is 0 Å². The number of amides is 1. The molecule has 7 nitrogen and oxygen atoms in total. The second kappa shape index (κ2) is 10.2. The van der Waals surface area contributed by atoms with Gasteiger partial charge in [0.25, 0.3) is 10.0 Å². The zero-order chi connectivity index (χ0) is 23.3. The maximum Gasteiger partial charge on any atom is 0.265 e. The fraction of sp³-hybridized carbons (Fsp3) is 0.182. The van der Waals surface area contributed by atoms with E-state index >= 15 is 0 Å². The fourth-order valence-corrected chi connectivity index (χ4v) is 5.07. The Bertz CT molecular complexity index is 1240. The van der Waals surface area contributed by atoms with Crippen LogP contribution in [0.1, 0.15) is 27.4 Å². The van der Waals surface area contributed by atoms with E-state index in [4.69, 9.17) is 16.3 Å². The van der Waals surface area contributed by atoms with Gasteiger partial charge < -0.3 is 10.1 Å².